The molecule has 0 fully saturated rings. The summed E-state index contributed by atoms with van der Waals surface area (Å²) in [5.41, 5.74) is 5.59. The van der Waals surface area contributed by atoms with Crippen molar-refractivity contribution < 1.29 is 9.53 Å². The van der Waals surface area contributed by atoms with Crippen LogP contribution in [0.15, 0.2) is 49.0 Å². The molecule has 1 aliphatic rings. The fraction of sp³-hybridized carbons (Fsp3) is 0.286. The minimum atomic E-state index is 0.110. The van der Waals surface area contributed by atoms with Gasteiger partial charge in [-0.3, -0.25) is 4.79 Å². The average molecular weight is 321 g/mol. The maximum Gasteiger partial charge on any atom is 0.224 e. The fourth-order valence-electron chi connectivity index (χ4n) is 3.38. The summed E-state index contributed by atoms with van der Waals surface area (Å²) in [4.78, 5) is 13.9. The van der Waals surface area contributed by atoms with Crippen molar-refractivity contribution in [2.24, 2.45) is 0 Å². The molecule has 1 heterocycles. The molecule has 0 saturated heterocycles. The number of rotatable bonds is 3. The second-order valence-corrected chi connectivity index (χ2v) is 6.32. The predicted molar refractivity (Wildman–Crippen MR) is 98.9 cm³/mol. The summed E-state index contributed by atoms with van der Waals surface area (Å²) in [6.45, 7) is 7.63. The molecule has 3 rings (SSSR count). The zero-order chi connectivity index (χ0) is 17.3. The number of hydrogen-bond donors (Lipinski definition) is 0. The lowest BCUT2D eigenvalue weighted by atomic mass is 9.93. The van der Waals surface area contributed by atoms with Crippen LogP contribution in [0.5, 0.6) is 0 Å². The van der Waals surface area contributed by atoms with E-state index in [0.717, 1.165) is 29.7 Å². The number of fused-ring (bicyclic) bond motifs is 1. The normalized spacial score (nSPS) is 16.5. The summed E-state index contributed by atoms with van der Waals surface area (Å²) in [6.07, 6.45) is 2.01. The number of carbonyl (C=O) groups is 1. The molecule has 0 bridgehead atoms. The molecule has 124 valence electrons. The second-order valence-electron chi connectivity index (χ2n) is 6.32. The number of benzene rings is 2. The van der Waals surface area contributed by atoms with Crippen molar-refractivity contribution in [1.29, 1.82) is 0 Å². The molecule has 3 nitrogen and oxygen atoms in total. The number of nitrogens with zero attached hydrogens (tertiary/aromatic N) is 1. The molecule has 0 unspecified atom stereocenters. The quantitative estimate of drug-likeness (QED) is 0.770. The molecular formula is C21H23NO2. The molecule has 0 spiro atoms. The highest BCUT2D eigenvalue weighted by Gasteiger charge is 2.26. The van der Waals surface area contributed by atoms with E-state index in [1.807, 2.05) is 17.0 Å². The van der Waals surface area contributed by atoms with E-state index < -0.39 is 0 Å². The van der Waals surface area contributed by atoms with Gasteiger partial charge < -0.3 is 9.64 Å². The van der Waals surface area contributed by atoms with E-state index in [0.29, 0.717) is 5.76 Å². The Morgan fingerprint density at radius 3 is 2.46 bits per heavy atom. The monoisotopic (exact) mass is 321 g/mol. The Kier molecular flexibility index (Phi) is 4.43. The summed E-state index contributed by atoms with van der Waals surface area (Å²) in [7, 11) is 1.63. The van der Waals surface area contributed by atoms with Gasteiger partial charge in [-0.15, -0.1) is 0 Å². The number of carbonyl (C=O) groups excluding carboxylic acids is 1. The lowest BCUT2D eigenvalue weighted by Gasteiger charge is -2.34. The third-order valence-corrected chi connectivity index (χ3v) is 4.74. The van der Waals surface area contributed by atoms with Gasteiger partial charge in [-0.1, -0.05) is 36.9 Å². The van der Waals surface area contributed by atoms with Crippen molar-refractivity contribution in [3.8, 4) is 11.1 Å². The molecule has 2 aromatic rings. The van der Waals surface area contributed by atoms with Gasteiger partial charge in [0, 0.05) is 24.2 Å². The Balaban J connectivity index is 1.94. The Morgan fingerprint density at radius 2 is 1.83 bits per heavy atom. The van der Waals surface area contributed by atoms with Gasteiger partial charge in [0.1, 0.15) is 5.76 Å². The van der Waals surface area contributed by atoms with E-state index in [9.17, 15) is 4.79 Å². The van der Waals surface area contributed by atoms with Crippen molar-refractivity contribution in [3.63, 3.8) is 0 Å². The highest BCUT2D eigenvalue weighted by atomic mass is 16.5. The number of anilines is 1. The molecular weight excluding hydrogens is 298 g/mol. The molecule has 0 radical (unpaired) electrons. The molecule has 3 heteroatoms. The summed E-state index contributed by atoms with van der Waals surface area (Å²) < 4.78 is 5.17. The molecule has 0 aromatic heterocycles. The first kappa shape index (κ1) is 16.3. The molecule has 0 N–H and O–H groups in total. The lowest BCUT2D eigenvalue weighted by Crippen LogP contribution is -2.40. The first-order valence-electron chi connectivity index (χ1n) is 8.27. The van der Waals surface area contributed by atoms with E-state index in [1.165, 1.54) is 11.1 Å². The maximum absolute atomic E-state index is 12.0. The number of methoxy groups -OCH3 is 1. The fourth-order valence-corrected chi connectivity index (χ4v) is 3.38. The molecule has 0 aliphatic carbocycles. The van der Waals surface area contributed by atoms with Crippen LogP contribution in [0.3, 0.4) is 0 Å². The van der Waals surface area contributed by atoms with Crippen LogP contribution >= 0.6 is 0 Å². The van der Waals surface area contributed by atoms with Gasteiger partial charge in [-0.25, -0.2) is 0 Å². The first-order chi connectivity index (χ1) is 11.5. The zero-order valence-electron chi connectivity index (χ0n) is 14.5. The smallest absolute Gasteiger partial charge is 0.224 e. The molecule has 2 aromatic carbocycles. The van der Waals surface area contributed by atoms with E-state index >= 15 is 0 Å². The maximum atomic E-state index is 12.0. The van der Waals surface area contributed by atoms with Gasteiger partial charge >= 0.3 is 0 Å². The Bertz CT molecular complexity index is 777. The molecule has 1 amide bonds. The first-order valence-corrected chi connectivity index (χ1v) is 8.27. The van der Waals surface area contributed by atoms with Crippen LogP contribution in [-0.2, 0) is 16.0 Å². The third-order valence-electron chi connectivity index (χ3n) is 4.74. The number of aryl methyl sites for hydroxylation is 1. The van der Waals surface area contributed by atoms with Gasteiger partial charge in [-0.2, -0.15) is 0 Å². The van der Waals surface area contributed by atoms with Crippen LogP contribution in [-0.4, -0.2) is 19.1 Å². The third kappa shape index (κ3) is 2.94. The highest BCUT2D eigenvalue weighted by molar-refractivity contribution is 5.94. The number of amides is 1. The van der Waals surface area contributed by atoms with Crippen LogP contribution in [0.2, 0.25) is 0 Å². The van der Waals surface area contributed by atoms with E-state index in [2.05, 4.69) is 43.8 Å². The van der Waals surface area contributed by atoms with E-state index in [1.54, 1.807) is 14.0 Å². The minimum Gasteiger partial charge on any atom is -0.497 e. The van der Waals surface area contributed by atoms with E-state index in [4.69, 9.17) is 4.74 Å². The molecule has 0 saturated carbocycles. The summed E-state index contributed by atoms with van der Waals surface area (Å²) in [5.74, 6) is 0.775. The number of hydrogen-bond acceptors (Lipinski definition) is 2. The van der Waals surface area contributed by atoms with Crippen LogP contribution < -0.4 is 4.90 Å². The Labute approximate surface area is 143 Å². The molecule has 1 atom stereocenters. The van der Waals surface area contributed by atoms with Crippen LogP contribution in [0.25, 0.3) is 16.9 Å². The summed E-state index contributed by atoms with van der Waals surface area (Å²) in [6, 6.07) is 14.8. The number of ether oxygens (including phenoxy) is 1. The van der Waals surface area contributed by atoms with Gasteiger partial charge in [0.05, 0.1) is 7.11 Å². The topological polar surface area (TPSA) is 29.5 Å². The van der Waals surface area contributed by atoms with Crippen molar-refractivity contribution in [2.75, 3.05) is 12.0 Å². The van der Waals surface area contributed by atoms with Gasteiger partial charge in [0.15, 0.2) is 0 Å². The average Bonchev–Trinajstić information content (AvgIpc) is 2.60. The molecule has 1 aliphatic heterocycles. The Morgan fingerprint density at radius 1 is 1.17 bits per heavy atom. The summed E-state index contributed by atoms with van der Waals surface area (Å²) in [5, 5.41) is 0. The van der Waals surface area contributed by atoms with Crippen LogP contribution in [0.1, 0.15) is 31.4 Å². The minimum absolute atomic E-state index is 0.110. The van der Waals surface area contributed by atoms with Crippen LogP contribution in [0.4, 0.5) is 5.69 Å². The second kappa shape index (κ2) is 6.52. The van der Waals surface area contributed by atoms with E-state index in [-0.39, 0.29) is 11.9 Å². The van der Waals surface area contributed by atoms with Crippen molar-refractivity contribution >= 4 is 17.4 Å². The lowest BCUT2D eigenvalue weighted by molar-refractivity contribution is -0.117. The van der Waals surface area contributed by atoms with Crippen molar-refractivity contribution in [1.82, 2.24) is 0 Å². The van der Waals surface area contributed by atoms with Crippen molar-refractivity contribution in [3.05, 3.63) is 60.2 Å². The van der Waals surface area contributed by atoms with Crippen molar-refractivity contribution in [2.45, 2.75) is 32.7 Å². The summed E-state index contributed by atoms with van der Waals surface area (Å²) >= 11 is 0. The SMILES string of the molecule is C=C(OC)c1ccc(-c2ccc3c(c2)CC[C@H](C)N3C(C)=O)cc1. The molecule has 24 heavy (non-hydrogen) atoms. The zero-order valence-corrected chi connectivity index (χ0v) is 14.5. The highest BCUT2D eigenvalue weighted by Crippen LogP contribution is 2.34. The van der Waals surface area contributed by atoms with Crippen LogP contribution in [0, 0.1) is 0 Å². The standard InChI is InChI=1S/C21H23NO2/c1-14-5-6-20-13-19(11-12-21(20)22(14)16(3)23)18-9-7-17(8-10-18)15(2)24-4/h7-14H,2,5-6H2,1,3-4H3/t14-/m0/s1. The van der Waals surface area contributed by atoms with Gasteiger partial charge in [0.2, 0.25) is 5.91 Å². The van der Waals surface area contributed by atoms with Gasteiger partial charge in [-0.05, 0) is 48.6 Å². The van der Waals surface area contributed by atoms with Gasteiger partial charge in [0.25, 0.3) is 0 Å². The largest absolute Gasteiger partial charge is 0.497 e. The Hall–Kier alpha value is -2.55. The predicted octanol–water partition coefficient (Wildman–Crippen LogP) is 4.66.